The van der Waals surface area contributed by atoms with Crippen LogP contribution in [0.3, 0.4) is 0 Å². The van der Waals surface area contributed by atoms with Gasteiger partial charge in [0, 0.05) is 43.3 Å². The number of methoxy groups -OCH3 is 1. The number of carbonyl (C=O) groups excluding carboxylic acids is 4. The zero-order chi connectivity index (χ0) is 40.2. The van der Waals surface area contributed by atoms with Crippen LogP contribution in [-0.4, -0.2) is 91.5 Å². The summed E-state index contributed by atoms with van der Waals surface area (Å²) in [6.45, 7) is 9.51. The average Bonchev–Trinajstić information content (AvgIpc) is 3.77. The Kier molecular flexibility index (Phi) is 12.4. The van der Waals surface area contributed by atoms with Gasteiger partial charge in [-0.2, -0.15) is 0 Å². The van der Waals surface area contributed by atoms with Gasteiger partial charge in [0.25, 0.3) is 5.91 Å². The fourth-order valence-electron chi connectivity index (χ4n) is 7.69. The van der Waals surface area contributed by atoms with E-state index in [0.29, 0.717) is 60.9 Å². The van der Waals surface area contributed by atoms with E-state index in [1.165, 1.54) is 18.4 Å². The molecule has 2 N–H and O–H groups in total. The highest BCUT2D eigenvalue weighted by Gasteiger charge is 2.45. The van der Waals surface area contributed by atoms with Crippen LogP contribution >= 0.6 is 11.3 Å². The summed E-state index contributed by atoms with van der Waals surface area (Å²) in [5.74, 6) is -1.14. The van der Waals surface area contributed by atoms with Crippen molar-refractivity contribution in [3.8, 4) is 0 Å². The Morgan fingerprint density at radius 2 is 1.84 bits per heavy atom. The van der Waals surface area contributed by atoms with Crippen molar-refractivity contribution in [3.63, 3.8) is 0 Å². The van der Waals surface area contributed by atoms with E-state index < -0.39 is 24.6 Å². The van der Waals surface area contributed by atoms with Crippen molar-refractivity contribution in [2.45, 2.75) is 77.2 Å². The van der Waals surface area contributed by atoms with Gasteiger partial charge in [-0.1, -0.05) is 18.7 Å². The van der Waals surface area contributed by atoms with Gasteiger partial charge in [-0.3, -0.25) is 14.5 Å². The standard InChI is InChI=1S/C42H49N5O9S/c1-6-14-54-42(51)47-32-17-26(3)25(2)16-28(32)22-46-13-12-31(21-34(46)40(47)56-38-9-7-8-15-53-38)55-24-37(48)43-30-20-33(45(4)23-30)39(49)44-29-10-11-35-27(18-29)19-36(57-35)41(50)52-5/h6,10-11,16-20,23,31,34,38,40H,1,7-9,12-15,21-22,24H2,2-5H3,(H,43,48)(H,44,49)/t31-,34+,38?,40?/m1/s1. The lowest BCUT2D eigenvalue weighted by atomic mass is 9.97. The molecule has 15 heteroatoms. The number of nitrogens with one attached hydrogen (secondary N) is 2. The average molecular weight is 800 g/mol. The molecule has 57 heavy (non-hydrogen) atoms. The van der Waals surface area contributed by atoms with Crippen LogP contribution in [0.2, 0.25) is 0 Å². The second kappa shape index (κ2) is 17.6. The van der Waals surface area contributed by atoms with Gasteiger partial charge in [0.1, 0.15) is 23.8 Å². The molecule has 0 saturated carbocycles. The summed E-state index contributed by atoms with van der Waals surface area (Å²) in [7, 11) is 3.06. The number of anilines is 3. The van der Waals surface area contributed by atoms with Crippen molar-refractivity contribution < 1.29 is 42.9 Å². The van der Waals surface area contributed by atoms with E-state index >= 15 is 0 Å². The summed E-state index contributed by atoms with van der Waals surface area (Å²) in [6.07, 6.45) is 4.96. The normalized spacial score (nSPS) is 20.9. The summed E-state index contributed by atoms with van der Waals surface area (Å²) in [4.78, 5) is 56.8. The Hall–Kier alpha value is -5.06. The number of rotatable bonds is 11. The minimum absolute atomic E-state index is 0.0527. The number of nitrogens with zero attached hydrogens (tertiary/aromatic N) is 3. The maximum Gasteiger partial charge on any atom is 0.416 e. The lowest BCUT2D eigenvalue weighted by Gasteiger charge is -2.44. The van der Waals surface area contributed by atoms with E-state index in [4.69, 9.17) is 23.7 Å². The lowest BCUT2D eigenvalue weighted by molar-refractivity contribution is -0.204. The fraction of sp³-hybridized carbons (Fsp3) is 0.429. The first-order chi connectivity index (χ1) is 27.5. The molecular formula is C42H49N5O9S. The predicted molar refractivity (Wildman–Crippen MR) is 217 cm³/mol. The zero-order valence-corrected chi connectivity index (χ0v) is 33.5. The van der Waals surface area contributed by atoms with Crippen molar-refractivity contribution in [1.82, 2.24) is 9.47 Å². The van der Waals surface area contributed by atoms with Gasteiger partial charge < -0.3 is 38.9 Å². The number of fused-ring (bicyclic) bond motifs is 3. The number of aromatic nitrogens is 1. The monoisotopic (exact) mass is 799 g/mol. The number of piperidine rings is 1. The van der Waals surface area contributed by atoms with Crippen LogP contribution < -0.4 is 15.5 Å². The fourth-order valence-corrected chi connectivity index (χ4v) is 8.65. The number of benzene rings is 2. The maximum atomic E-state index is 13.9. The van der Waals surface area contributed by atoms with Gasteiger partial charge in [0.2, 0.25) is 5.91 Å². The van der Waals surface area contributed by atoms with Crippen LogP contribution in [0.5, 0.6) is 0 Å². The molecule has 2 aromatic heterocycles. The summed E-state index contributed by atoms with van der Waals surface area (Å²) in [5.41, 5.74) is 5.27. The Morgan fingerprint density at radius 1 is 1.02 bits per heavy atom. The van der Waals surface area contributed by atoms with Crippen LogP contribution in [0.15, 0.2) is 61.3 Å². The summed E-state index contributed by atoms with van der Waals surface area (Å²) >= 11 is 1.32. The number of thiophene rings is 1. The molecule has 3 aliphatic heterocycles. The second-order valence-corrected chi connectivity index (χ2v) is 15.8. The Bertz CT molecular complexity index is 2160. The maximum absolute atomic E-state index is 13.9. The number of carbonyl (C=O) groups is 4. The molecule has 302 valence electrons. The SMILES string of the molecule is C=CCOC(=O)N1c2cc(C)c(C)cc2CN2CC[C@@H](OCC(=O)Nc3cc(C(=O)Nc4ccc5sc(C(=O)OC)cc5c4)n(C)c3)C[C@H]2C1OC1CCCCO1. The molecule has 2 saturated heterocycles. The molecule has 4 atom stereocenters. The van der Waals surface area contributed by atoms with Gasteiger partial charge in [-0.15, -0.1) is 11.3 Å². The quantitative estimate of drug-likeness (QED) is 0.121. The smallest absolute Gasteiger partial charge is 0.416 e. The molecule has 2 fully saturated rings. The number of aryl methyl sites for hydroxylation is 3. The molecule has 2 aromatic carbocycles. The predicted octanol–water partition coefficient (Wildman–Crippen LogP) is 6.90. The van der Waals surface area contributed by atoms with Crippen molar-refractivity contribution >= 4 is 62.4 Å². The molecule has 3 amide bonds. The van der Waals surface area contributed by atoms with Crippen LogP contribution in [0, 0.1) is 13.8 Å². The van der Waals surface area contributed by atoms with E-state index in [9.17, 15) is 19.2 Å². The molecule has 0 bridgehead atoms. The van der Waals surface area contributed by atoms with Crippen molar-refractivity contribution in [2.24, 2.45) is 7.05 Å². The van der Waals surface area contributed by atoms with Crippen molar-refractivity contribution in [3.05, 3.63) is 88.6 Å². The molecule has 5 heterocycles. The molecule has 0 spiro atoms. The van der Waals surface area contributed by atoms with E-state index in [-0.39, 0.29) is 37.2 Å². The molecule has 0 radical (unpaired) electrons. The molecule has 14 nitrogen and oxygen atoms in total. The summed E-state index contributed by atoms with van der Waals surface area (Å²) in [6, 6.07) is 12.6. The molecule has 4 aromatic rings. The third-order valence-corrected chi connectivity index (χ3v) is 11.8. The molecule has 0 aliphatic carbocycles. The summed E-state index contributed by atoms with van der Waals surface area (Å²) in [5, 5.41) is 6.57. The van der Waals surface area contributed by atoms with Crippen LogP contribution in [-0.2, 0) is 42.1 Å². The van der Waals surface area contributed by atoms with Crippen LogP contribution in [0.4, 0.5) is 21.9 Å². The topological polar surface area (TPSA) is 150 Å². The second-order valence-electron chi connectivity index (χ2n) is 14.7. The molecular weight excluding hydrogens is 751 g/mol. The van der Waals surface area contributed by atoms with Crippen molar-refractivity contribution in [1.29, 1.82) is 0 Å². The van der Waals surface area contributed by atoms with E-state index in [0.717, 1.165) is 45.3 Å². The minimum atomic E-state index is -0.743. The third kappa shape index (κ3) is 9.08. The highest BCUT2D eigenvalue weighted by molar-refractivity contribution is 7.20. The highest BCUT2D eigenvalue weighted by Crippen LogP contribution is 2.39. The first-order valence-electron chi connectivity index (χ1n) is 19.2. The van der Waals surface area contributed by atoms with Gasteiger partial charge in [-0.25, -0.2) is 14.5 Å². The van der Waals surface area contributed by atoms with Gasteiger partial charge in [0.15, 0.2) is 12.5 Å². The van der Waals surface area contributed by atoms with Gasteiger partial charge in [0.05, 0.1) is 30.6 Å². The van der Waals surface area contributed by atoms with E-state index in [1.807, 2.05) is 19.1 Å². The number of hydrogen-bond donors (Lipinski definition) is 2. The third-order valence-electron chi connectivity index (χ3n) is 10.7. The van der Waals surface area contributed by atoms with Crippen LogP contribution in [0.1, 0.15) is 69.0 Å². The van der Waals surface area contributed by atoms with E-state index in [1.54, 1.807) is 53.1 Å². The summed E-state index contributed by atoms with van der Waals surface area (Å²) < 4.78 is 32.0. The Labute approximate surface area is 335 Å². The lowest BCUT2D eigenvalue weighted by Crippen LogP contribution is -2.58. The minimum Gasteiger partial charge on any atom is -0.465 e. The van der Waals surface area contributed by atoms with Gasteiger partial charge >= 0.3 is 12.1 Å². The first kappa shape index (κ1) is 40.1. The largest absolute Gasteiger partial charge is 0.465 e. The number of amides is 3. The highest BCUT2D eigenvalue weighted by atomic mass is 32.1. The number of hydrogen-bond acceptors (Lipinski definition) is 11. The Morgan fingerprint density at radius 3 is 2.61 bits per heavy atom. The van der Waals surface area contributed by atoms with Gasteiger partial charge in [-0.05, 0) is 104 Å². The van der Waals surface area contributed by atoms with Crippen LogP contribution in [0.25, 0.3) is 10.1 Å². The molecule has 7 rings (SSSR count). The van der Waals surface area contributed by atoms with E-state index in [2.05, 4.69) is 35.1 Å². The molecule has 2 unspecified atom stereocenters. The zero-order valence-electron chi connectivity index (χ0n) is 32.7. The Balaban J connectivity index is 1.02. The molecule has 3 aliphatic rings. The number of esters is 1. The first-order valence-corrected chi connectivity index (χ1v) is 20.0. The number of ether oxygens (including phenoxy) is 5. The van der Waals surface area contributed by atoms with Crippen molar-refractivity contribution in [2.75, 3.05) is 49.0 Å².